The maximum Gasteiger partial charge on any atom is 0.325 e. The molecule has 3 fully saturated rings. The monoisotopic (exact) mass is 282 g/mol. The van der Waals surface area contributed by atoms with E-state index >= 15 is 0 Å². The normalized spacial score (nSPS) is 33.0. The lowest BCUT2D eigenvalue weighted by Crippen LogP contribution is -2.62. The van der Waals surface area contributed by atoms with Crippen LogP contribution in [0.15, 0.2) is 0 Å². The van der Waals surface area contributed by atoms with Gasteiger partial charge in [0.2, 0.25) is 0 Å². The number of aliphatic carboxylic acids is 1. The van der Waals surface area contributed by atoms with Gasteiger partial charge in [-0.1, -0.05) is 6.92 Å². The largest absolute Gasteiger partial charge is 0.480 e. The lowest BCUT2D eigenvalue weighted by Gasteiger charge is -2.39. The van der Waals surface area contributed by atoms with E-state index in [1.165, 1.54) is 0 Å². The molecule has 2 saturated heterocycles. The number of ether oxygens (including phenoxy) is 1. The third-order valence-corrected chi connectivity index (χ3v) is 4.94. The molecule has 1 aliphatic carbocycles. The molecule has 1 saturated carbocycles. The average molecular weight is 282 g/mol. The van der Waals surface area contributed by atoms with E-state index in [1.54, 1.807) is 0 Å². The highest BCUT2D eigenvalue weighted by Gasteiger charge is 2.52. The second-order valence-corrected chi connectivity index (χ2v) is 6.63. The number of carboxylic acid groups (broad SMARTS) is 1. The van der Waals surface area contributed by atoms with Gasteiger partial charge < -0.3 is 15.2 Å². The molecule has 114 valence electrons. The molecule has 0 radical (unpaired) electrons. The van der Waals surface area contributed by atoms with Gasteiger partial charge in [-0.05, 0) is 44.6 Å². The highest BCUT2D eigenvalue weighted by molar-refractivity contribution is 5.80. The van der Waals surface area contributed by atoms with E-state index in [9.17, 15) is 9.90 Å². The zero-order valence-electron chi connectivity index (χ0n) is 12.3. The first-order valence-electron chi connectivity index (χ1n) is 8.00. The van der Waals surface area contributed by atoms with Crippen LogP contribution in [0.3, 0.4) is 0 Å². The molecule has 2 N–H and O–H groups in total. The van der Waals surface area contributed by atoms with E-state index in [4.69, 9.17) is 4.74 Å². The fourth-order valence-electron chi connectivity index (χ4n) is 3.75. The van der Waals surface area contributed by atoms with Gasteiger partial charge in [0, 0.05) is 19.6 Å². The molecule has 2 aliphatic heterocycles. The van der Waals surface area contributed by atoms with Crippen molar-refractivity contribution in [3.05, 3.63) is 0 Å². The minimum absolute atomic E-state index is 0.298. The quantitative estimate of drug-likeness (QED) is 0.732. The van der Waals surface area contributed by atoms with Crippen LogP contribution in [-0.4, -0.2) is 59.9 Å². The Labute approximate surface area is 120 Å². The van der Waals surface area contributed by atoms with Crippen molar-refractivity contribution in [1.82, 2.24) is 10.2 Å². The summed E-state index contributed by atoms with van der Waals surface area (Å²) in [6.07, 6.45) is 5.97. The SMILES string of the molecule is CCCNC(CN1CC2CCC(C1)O2)(C(=O)O)C1CC1. The number of morpholine rings is 1. The fourth-order valence-corrected chi connectivity index (χ4v) is 3.75. The number of carbonyl (C=O) groups is 1. The Morgan fingerprint density at radius 3 is 2.45 bits per heavy atom. The molecule has 0 spiro atoms. The van der Waals surface area contributed by atoms with E-state index in [1.807, 2.05) is 0 Å². The van der Waals surface area contributed by atoms with Crippen molar-refractivity contribution in [2.75, 3.05) is 26.2 Å². The molecule has 0 aromatic rings. The summed E-state index contributed by atoms with van der Waals surface area (Å²) in [5.41, 5.74) is -0.743. The van der Waals surface area contributed by atoms with Crippen LogP contribution in [0, 0.1) is 5.92 Å². The Hall–Kier alpha value is -0.650. The molecule has 20 heavy (non-hydrogen) atoms. The first kappa shape index (κ1) is 14.3. The number of fused-ring (bicyclic) bond motifs is 2. The van der Waals surface area contributed by atoms with Crippen LogP contribution in [0.25, 0.3) is 0 Å². The topological polar surface area (TPSA) is 61.8 Å². The van der Waals surface area contributed by atoms with Crippen molar-refractivity contribution in [3.8, 4) is 0 Å². The van der Waals surface area contributed by atoms with E-state index in [0.29, 0.717) is 24.7 Å². The summed E-state index contributed by atoms with van der Waals surface area (Å²) in [6, 6.07) is 0. The fraction of sp³-hybridized carbons (Fsp3) is 0.933. The summed E-state index contributed by atoms with van der Waals surface area (Å²) in [7, 11) is 0. The number of likely N-dealkylation sites (tertiary alicyclic amines) is 1. The summed E-state index contributed by atoms with van der Waals surface area (Å²) < 4.78 is 5.85. The Morgan fingerprint density at radius 1 is 1.30 bits per heavy atom. The van der Waals surface area contributed by atoms with Gasteiger partial charge in [-0.25, -0.2) is 0 Å². The second-order valence-electron chi connectivity index (χ2n) is 6.63. The zero-order chi connectivity index (χ0) is 14.2. The molecule has 0 aromatic carbocycles. The average Bonchev–Trinajstić information content (AvgIpc) is 3.21. The van der Waals surface area contributed by atoms with E-state index in [-0.39, 0.29) is 0 Å². The minimum Gasteiger partial charge on any atom is -0.480 e. The van der Waals surface area contributed by atoms with E-state index in [2.05, 4.69) is 17.1 Å². The van der Waals surface area contributed by atoms with Crippen LogP contribution in [0.1, 0.15) is 39.0 Å². The summed E-state index contributed by atoms with van der Waals surface area (Å²) in [5.74, 6) is -0.376. The van der Waals surface area contributed by atoms with Crippen molar-refractivity contribution < 1.29 is 14.6 Å². The van der Waals surface area contributed by atoms with Gasteiger partial charge in [-0.3, -0.25) is 9.69 Å². The Balaban J connectivity index is 1.70. The van der Waals surface area contributed by atoms with Crippen LogP contribution in [0.4, 0.5) is 0 Å². The van der Waals surface area contributed by atoms with Crippen molar-refractivity contribution in [1.29, 1.82) is 0 Å². The standard InChI is InChI=1S/C15H26N2O3/c1-2-7-16-15(14(18)19,11-3-4-11)10-17-8-12-5-6-13(9-17)20-12/h11-13,16H,2-10H2,1H3,(H,18,19). The Bertz CT molecular complexity index is 360. The van der Waals surface area contributed by atoms with Gasteiger partial charge in [0.1, 0.15) is 5.54 Å². The van der Waals surface area contributed by atoms with Gasteiger partial charge in [-0.15, -0.1) is 0 Å². The first-order chi connectivity index (χ1) is 9.64. The van der Waals surface area contributed by atoms with Gasteiger partial charge in [0.05, 0.1) is 12.2 Å². The molecule has 3 atom stereocenters. The smallest absolute Gasteiger partial charge is 0.325 e. The van der Waals surface area contributed by atoms with Crippen LogP contribution >= 0.6 is 0 Å². The van der Waals surface area contributed by atoms with Gasteiger partial charge in [0.15, 0.2) is 0 Å². The molecule has 3 rings (SSSR count). The summed E-state index contributed by atoms with van der Waals surface area (Å²) in [4.78, 5) is 14.3. The molecule has 3 unspecified atom stereocenters. The molecular formula is C15H26N2O3. The number of rotatable bonds is 7. The van der Waals surface area contributed by atoms with Crippen LogP contribution in [0.2, 0.25) is 0 Å². The summed E-state index contributed by atoms with van der Waals surface area (Å²) in [5, 5.41) is 13.2. The first-order valence-corrected chi connectivity index (χ1v) is 8.00. The van der Waals surface area contributed by atoms with Gasteiger partial charge in [-0.2, -0.15) is 0 Å². The molecule has 2 bridgehead atoms. The summed E-state index contributed by atoms with van der Waals surface area (Å²) >= 11 is 0. The highest BCUT2D eigenvalue weighted by atomic mass is 16.5. The number of hydrogen-bond acceptors (Lipinski definition) is 4. The van der Waals surface area contributed by atoms with Crippen LogP contribution in [-0.2, 0) is 9.53 Å². The van der Waals surface area contributed by atoms with Gasteiger partial charge in [0.25, 0.3) is 0 Å². The lowest BCUT2D eigenvalue weighted by atomic mass is 9.91. The highest BCUT2D eigenvalue weighted by Crippen LogP contribution is 2.41. The zero-order valence-corrected chi connectivity index (χ0v) is 12.3. The predicted molar refractivity (Wildman–Crippen MR) is 75.7 cm³/mol. The molecule has 5 nitrogen and oxygen atoms in total. The molecule has 3 aliphatic rings. The molecular weight excluding hydrogens is 256 g/mol. The predicted octanol–water partition coefficient (Wildman–Crippen LogP) is 1.08. The third-order valence-electron chi connectivity index (χ3n) is 4.94. The third kappa shape index (κ3) is 2.71. The number of hydrogen-bond donors (Lipinski definition) is 2. The van der Waals surface area contributed by atoms with Gasteiger partial charge >= 0.3 is 5.97 Å². The maximum atomic E-state index is 11.9. The van der Waals surface area contributed by atoms with E-state index in [0.717, 1.165) is 51.7 Å². The van der Waals surface area contributed by atoms with Crippen molar-refractivity contribution in [3.63, 3.8) is 0 Å². The van der Waals surface area contributed by atoms with Crippen LogP contribution < -0.4 is 5.32 Å². The number of nitrogens with zero attached hydrogens (tertiary/aromatic N) is 1. The van der Waals surface area contributed by atoms with E-state index < -0.39 is 11.5 Å². The maximum absolute atomic E-state index is 11.9. The molecule has 5 heteroatoms. The second kappa shape index (κ2) is 5.62. The molecule has 0 aromatic heterocycles. The number of nitrogens with one attached hydrogen (secondary N) is 1. The van der Waals surface area contributed by atoms with Crippen molar-refractivity contribution >= 4 is 5.97 Å². The Morgan fingerprint density at radius 2 is 1.95 bits per heavy atom. The van der Waals surface area contributed by atoms with Crippen LogP contribution in [0.5, 0.6) is 0 Å². The lowest BCUT2D eigenvalue weighted by molar-refractivity contribution is -0.148. The number of carboxylic acids is 1. The minimum atomic E-state index is -0.743. The van der Waals surface area contributed by atoms with Crippen molar-refractivity contribution in [2.24, 2.45) is 5.92 Å². The molecule has 0 amide bonds. The molecule has 2 heterocycles. The summed E-state index contributed by atoms with van der Waals surface area (Å²) in [6.45, 7) is 5.28. The Kier molecular flexibility index (Phi) is 4.02. The van der Waals surface area contributed by atoms with Crippen molar-refractivity contribution in [2.45, 2.75) is 56.8 Å².